The van der Waals surface area contributed by atoms with Gasteiger partial charge < -0.3 is 9.72 Å². The van der Waals surface area contributed by atoms with Gasteiger partial charge in [0.05, 0.1) is 17.9 Å². The Morgan fingerprint density at radius 3 is 2.71 bits per heavy atom. The Bertz CT molecular complexity index is 1130. The molecule has 3 aromatic rings. The van der Waals surface area contributed by atoms with E-state index in [1.807, 2.05) is 27.0 Å². The Balaban J connectivity index is 1.40. The highest BCUT2D eigenvalue weighted by Crippen LogP contribution is 2.37. The summed E-state index contributed by atoms with van der Waals surface area (Å²) >= 11 is 0. The maximum atomic E-state index is 12.6. The highest BCUT2D eigenvalue weighted by Gasteiger charge is 2.34. The highest BCUT2D eigenvalue weighted by atomic mass is 16.6. The first-order valence-electron chi connectivity index (χ1n) is 11.2. The second-order valence-electron chi connectivity index (χ2n) is 9.54. The SMILES string of the molecule is CC(C)(C)OC(=O)N1CCCC1c1ncc(-c2ccc3c(c2)CCc2ccccc2-3)[nH]1. The first kappa shape index (κ1) is 19.9. The topological polar surface area (TPSA) is 58.2 Å². The molecule has 5 rings (SSSR count). The molecule has 1 unspecified atom stereocenters. The number of ether oxygens (including phenoxy) is 1. The number of benzene rings is 2. The number of carbonyl (C=O) groups excluding carboxylic acids is 1. The van der Waals surface area contributed by atoms with E-state index in [9.17, 15) is 4.79 Å². The lowest BCUT2D eigenvalue weighted by Crippen LogP contribution is -2.36. The van der Waals surface area contributed by atoms with Crippen molar-refractivity contribution in [3.05, 3.63) is 65.6 Å². The Morgan fingerprint density at radius 2 is 1.87 bits per heavy atom. The van der Waals surface area contributed by atoms with Crippen LogP contribution < -0.4 is 0 Å². The van der Waals surface area contributed by atoms with Gasteiger partial charge in [-0.25, -0.2) is 9.78 Å². The number of aryl methyl sites for hydroxylation is 2. The van der Waals surface area contributed by atoms with Gasteiger partial charge in [0.1, 0.15) is 11.4 Å². The number of rotatable bonds is 2. The molecule has 1 aromatic heterocycles. The van der Waals surface area contributed by atoms with E-state index < -0.39 is 5.60 Å². The molecule has 0 saturated carbocycles. The van der Waals surface area contributed by atoms with Gasteiger partial charge >= 0.3 is 6.09 Å². The summed E-state index contributed by atoms with van der Waals surface area (Å²) in [5.41, 5.74) is 7.11. The molecule has 160 valence electrons. The second-order valence-corrected chi connectivity index (χ2v) is 9.54. The van der Waals surface area contributed by atoms with Crippen molar-refractivity contribution in [2.75, 3.05) is 6.54 Å². The average molecular weight is 416 g/mol. The van der Waals surface area contributed by atoms with E-state index in [4.69, 9.17) is 4.74 Å². The maximum Gasteiger partial charge on any atom is 0.410 e. The van der Waals surface area contributed by atoms with E-state index in [2.05, 4.69) is 52.4 Å². The van der Waals surface area contributed by atoms with Crippen LogP contribution in [0.5, 0.6) is 0 Å². The summed E-state index contributed by atoms with van der Waals surface area (Å²) in [5, 5.41) is 0. The number of aromatic nitrogens is 2. The van der Waals surface area contributed by atoms with Crippen LogP contribution in [0.1, 0.15) is 56.6 Å². The lowest BCUT2D eigenvalue weighted by molar-refractivity contribution is 0.0218. The number of likely N-dealkylation sites (tertiary alicyclic amines) is 1. The van der Waals surface area contributed by atoms with Crippen molar-refractivity contribution >= 4 is 6.09 Å². The van der Waals surface area contributed by atoms with Crippen molar-refractivity contribution in [2.45, 2.75) is 58.1 Å². The smallest absolute Gasteiger partial charge is 0.410 e. The van der Waals surface area contributed by atoms with Gasteiger partial charge in [0, 0.05) is 6.54 Å². The molecule has 1 aliphatic carbocycles. The van der Waals surface area contributed by atoms with Crippen molar-refractivity contribution < 1.29 is 9.53 Å². The number of aromatic amines is 1. The minimum absolute atomic E-state index is 0.0619. The molecule has 1 saturated heterocycles. The zero-order valence-electron chi connectivity index (χ0n) is 18.4. The molecular weight excluding hydrogens is 386 g/mol. The summed E-state index contributed by atoms with van der Waals surface area (Å²) in [6, 6.07) is 15.3. The third kappa shape index (κ3) is 3.85. The largest absolute Gasteiger partial charge is 0.444 e. The molecule has 5 heteroatoms. The van der Waals surface area contributed by atoms with Crippen LogP contribution in [0.2, 0.25) is 0 Å². The molecule has 31 heavy (non-hydrogen) atoms. The summed E-state index contributed by atoms with van der Waals surface area (Å²) in [6.45, 7) is 6.40. The molecule has 2 aliphatic rings. The van der Waals surface area contributed by atoms with Gasteiger partial charge in [-0.15, -0.1) is 0 Å². The summed E-state index contributed by atoms with van der Waals surface area (Å²) in [7, 11) is 0. The summed E-state index contributed by atoms with van der Waals surface area (Å²) in [5.74, 6) is 0.835. The van der Waals surface area contributed by atoms with Crippen molar-refractivity contribution in [1.82, 2.24) is 14.9 Å². The van der Waals surface area contributed by atoms with Crippen molar-refractivity contribution in [2.24, 2.45) is 0 Å². The predicted molar refractivity (Wildman–Crippen MR) is 122 cm³/mol. The van der Waals surface area contributed by atoms with Gasteiger partial charge in [-0.3, -0.25) is 4.90 Å². The molecule has 0 spiro atoms. The standard InChI is InChI=1S/C26H29N3O2/c1-26(2,3)31-25(30)29-14-6-9-23(29)24-27-16-22(28-24)19-12-13-21-18(15-19)11-10-17-7-4-5-8-20(17)21/h4-5,7-8,12-13,15-16,23H,6,9-11,14H2,1-3H3,(H,27,28). The fraction of sp³-hybridized carbons (Fsp3) is 0.385. The van der Waals surface area contributed by atoms with Gasteiger partial charge in [-0.1, -0.05) is 36.4 Å². The highest BCUT2D eigenvalue weighted by molar-refractivity contribution is 5.76. The lowest BCUT2D eigenvalue weighted by Gasteiger charge is -2.27. The van der Waals surface area contributed by atoms with Gasteiger partial charge in [0.25, 0.3) is 0 Å². The maximum absolute atomic E-state index is 12.6. The van der Waals surface area contributed by atoms with Crippen LogP contribution in [0, 0.1) is 0 Å². The van der Waals surface area contributed by atoms with Crippen molar-refractivity contribution in [1.29, 1.82) is 0 Å². The molecule has 5 nitrogen and oxygen atoms in total. The van der Waals surface area contributed by atoms with E-state index in [1.54, 1.807) is 4.90 Å². The van der Waals surface area contributed by atoms with Crippen LogP contribution in [0.25, 0.3) is 22.4 Å². The summed E-state index contributed by atoms with van der Waals surface area (Å²) in [6.07, 6.45) is 5.61. The molecule has 0 bridgehead atoms. The van der Waals surface area contributed by atoms with Crippen LogP contribution in [0.3, 0.4) is 0 Å². The molecule has 1 amide bonds. The van der Waals surface area contributed by atoms with Crippen molar-refractivity contribution in [3.8, 4) is 22.4 Å². The number of imidazole rings is 1. The lowest BCUT2D eigenvalue weighted by atomic mass is 9.84. The molecule has 1 atom stereocenters. The first-order chi connectivity index (χ1) is 14.9. The van der Waals surface area contributed by atoms with E-state index in [-0.39, 0.29) is 12.1 Å². The average Bonchev–Trinajstić information content (AvgIpc) is 3.41. The summed E-state index contributed by atoms with van der Waals surface area (Å²) < 4.78 is 5.60. The van der Waals surface area contributed by atoms with E-state index in [0.29, 0.717) is 6.54 Å². The number of fused-ring (bicyclic) bond motifs is 3. The van der Waals surface area contributed by atoms with Crippen LogP contribution in [0.15, 0.2) is 48.7 Å². The zero-order valence-corrected chi connectivity index (χ0v) is 18.4. The fourth-order valence-electron chi connectivity index (χ4n) is 4.74. The van der Waals surface area contributed by atoms with Crippen LogP contribution in [-0.4, -0.2) is 33.1 Å². The number of carbonyl (C=O) groups is 1. The molecule has 2 aromatic carbocycles. The van der Waals surface area contributed by atoms with E-state index in [1.165, 1.54) is 22.3 Å². The van der Waals surface area contributed by atoms with Gasteiger partial charge in [0.15, 0.2) is 0 Å². The minimum Gasteiger partial charge on any atom is -0.444 e. The quantitative estimate of drug-likeness (QED) is 0.566. The van der Waals surface area contributed by atoms with E-state index >= 15 is 0 Å². The predicted octanol–water partition coefficient (Wildman–Crippen LogP) is 5.91. The zero-order chi connectivity index (χ0) is 21.6. The number of hydrogen-bond donors (Lipinski definition) is 1. The molecule has 1 N–H and O–H groups in total. The van der Waals surface area contributed by atoms with Crippen molar-refractivity contribution in [3.63, 3.8) is 0 Å². The number of hydrogen-bond acceptors (Lipinski definition) is 3. The molecular formula is C26H29N3O2. The normalized spacial score (nSPS) is 17.9. The van der Waals surface area contributed by atoms with Gasteiger partial charge in [-0.05, 0) is 80.3 Å². The number of amides is 1. The minimum atomic E-state index is -0.500. The van der Waals surface area contributed by atoms with Crippen LogP contribution >= 0.6 is 0 Å². The Morgan fingerprint density at radius 1 is 1.10 bits per heavy atom. The third-order valence-electron chi connectivity index (χ3n) is 6.18. The van der Waals surface area contributed by atoms with Gasteiger partial charge in [-0.2, -0.15) is 0 Å². The first-order valence-corrected chi connectivity index (χ1v) is 11.2. The Kier molecular flexibility index (Phi) is 4.84. The summed E-state index contributed by atoms with van der Waals surface area (Å²) in [4.78, 5) is 22.6. The number of H-pyrrole nitrogens is 1. The van der Waals surface area contributed by atoms with E-state index in [0.717, 1.165) is 42.8 Å². The molecule has 1 fully saturated rings. The molecule has 1 aliphatic heterocycles. The van der Waals surface area contributed by atoms with Gasteiger partial charge in [0.2, 0.25) is 0 Å². The number of nitrogens with one attached hydrogen (secondary N) is 1. The second kappa shape index (κ2) is 7.56. The fourth-order valence-corrected chi connectivity index (χ4v) is 4.74. The Hall–Kier alpha value is -3.08. The number of nitrogens with zero attached hydrogens (tertiary/aromatic N) is 2. The molecule has 0 radical (unpaired) electrons. The monoisotopic (exact) mass is 415 g/mol. The molecule has 2 heterocycles. The third-order valence-corrected chi connectivity index (χ3v) is 6.18. The van der Waals surface area contributed by atoms with Crippen LogP contribution in [-0.2, 0) is 17.6 Å². The Labute approximate surface area is 183 Å². The van der Waals surface area contributed by atoms with Crippen LogP contribution in [0.4, 0.5) is 4.79 Å².